The highest BCUT2D eigenvalue weighted by molar-refractivity contribution is 7.89. The second-order valence-corrected chi connectivity index (χ2v) is 6.37. The van der Waals surface area contributed by atoms with Gasteiger partial charge in [0.25, 0.3) is 0 Å². The molecule has 2 N–H and O–H groups in total. The van der Waals surface area contributed by atoms with E-state index >= 15 is 0 Å². The fourth-order valence-electron chi connectivity index (χ4n) is 1.55. The predicted molar refractivity (Wildman–Crippen MR) is 73.0 cm³/mol. The molecule has 21 heavy (non-hydrogen) atoms. The van der Waals surface area contributed by atoms with Gasteiger partial charge in [0.1, 0.15) is 4.90 Å². The number of aliphatic carboxylic acids is 1. The van der Waals surface area contributed by atoms with Gasteiger partial charge in [-0.3, -0.25) is 14.3 Å². The number of hydrogen-bond acceptors (Lipinski definition) is 5. The third-order valence-electron chi connectivity index (χ3n) is 2.62. The minimum Gasteiger partial charge on any atom is -0.481 e. The van der Waals surface area contributed by atoms with Gasteiger partial charge in [0.15, 0.2) is 0 Å². The van der Waals surface area contributed by atoms with Crippen LogP contribution in [0.1, 0.15) is 13.3 Å². The molecule has 1 atom stereocenters. The molecule has 0 bridgehead atoms. The third kappa shape index (κ3) is 4.83. The van der Waals surface area contributed by atoms with Crippen LogP contribution in [-0.2, 0) is 26.2 Å². The molecule has 9 nitrogen and oxygen atoms in total. The molecule has 0 saturated carbocycles. The minimum absolute atomic E-state index is 0.0665. The van der Waals surface area contributed by atoms with Crippen molar-refractivity contribution < 1.29 is 23.1 Å². The van der Waals surface area contributed by atoms with Crippen LogP contribution >= 0.6 is 0 Å². The van der Waals surface area contributed by atoms with E-state index in [-0.39, 0.29) is 23.8 Å². The SMILES string of the molecule is CC(NS(=O)(=O)c1cnn(CCC(=O)O)c1)C(=O)N(C)C. The molecule has 1 unspecified atom stereocenters. The van der Waals surface area contributed by atoms with E-state index in [1.165, 1.54) is 36.8 Å². The van der Waals surface area contributed by atoms with Crippen molar-refractivity contribution in [2.75, 3.05) is 14.1 Å². The number of sulfonamides is 1. The summed E-state index contributed by atoms with van der Waals surface area (Å²) >= 11 is 0. The topological polar surface area (TPSA) is 122 Å². The molecule has 0 aromatic carbocycles. The molecule has 0 radical (unpaired) electrons. The maximum Gasteiger partial charge on any atom is 0.305 e. The lowest BCUT2D eigenvalue weighted by atomic mass is 10.3. The first kappa shape index (κ1) is 17.1. The van der Waals surface area contributed by atoms with Crippen LogP contribution in [0.3, 0.4) is 0 Å². The summed E-state index contributed by atoms with van der Waals surface area (Å²) in [5.74, 6) is -1.38. The number of carbonyl (C=O) groups excluding carboxylic acids is 1. The number of rotatable bonds is 7. The van der Waals surface area contributed by atoms with Crippen molar-refractivity contribution in [2.45, 2.75) is 30.8 Å². The number of amides is 1. The van der Waals surface area contributed by atoms with E-state index in [1.54, 1.807) is 0 Å². The number of likely N-dealkylation sites (N-methyl/N-ethyl adjacent to an activating group) is 1. The minimum atomic E-state index is -3.88. The molecule has 10 heteroatoms. The van der Waals surface area contributed by atoms with Crippen LogP contribution in [0.2, 0.25) is 0 Å². The van der Waals surface area contributed by atoms with Crippen LogP contribution in [0.25, 0.3) is 0 Å². The van der Waals surface area contributed by atoms with Crippen LogP contribution in [0.5, 0.6) is 0 Å². The lowest BCUT2D eigenvalue weighted by molar-refractivity contribution is -0.137. The number of nitrogens with one attached hydrogen (secondary N) is 1. The highest BCUT2D eigenvalue weighted by atomic mass is 32.2. The van der Waals surface area contributed by atoms with Gasteiger partial charge in [-0.25, -0.2) is 8.42 Å². The van der Waals surface area contributed by atoms with Gasteiger partial charge in [-0.15, -0.1) is 0 Å². The lowest BCUT2D eigenvalue weighted by Crippen LogP contribution is -2.44. The molecule has 118 valence electrons. The second kappa shape index (κ2) is 6.68. The average molecular weight is 318 g/mol. The summed E-state index contributed by atoms with van der Waals surface area (Å²) in [4.78, 5) is 23.3. The monoisotopic (exact) mass is 318 g/mol. The molecule has 0 spiro atoms. The first-order chi connectivity index (χ1) is 9.63. The number of carboxylic acids is 1. The van der Waals surface area contributed by atoms with Crippen LogP contribution in [0, 0.1) is 0 Å². The standard InChI is InChI=1S/C11H18N4O5S/c1-8(11(18)14(2)3)13-21(19,20)9-6-12-15(7-9)5-4-10(16)17/h6-8,13H,4-5H2,1-3H3,(H,16,17). The summed E-state index contributed by atoms with van der Waals surface area (Å²) in [6.07, 6.45) is 2.17. The maximum absolute atomic E-state index is 12.1. The molecule has 1 amide bonds. The smallest absolute Gasteiger partial charge is 0.305 e. The molecule has 0 fully saturated rings. The van der Waals surface area contributed by atoms with E-state index in [2.05, 4.69) is 9.82 Å². The van der Waals surface area contributed by atoms with E-state index in [9.17, 15) is 18.0 Å². The third-order valence-corrected chi connectivity index (χ3v) is 4.11. The van der Waals surface area contributed by atoms with Crippen molar-refractivity contribution in [1.82, 2.24) is 19.4 Å². The molecule has 1 heterocycles. The summed E-state index contributed by atoms with van der Waals surface area (Å²) in [5.41, 5.74) is 0. The number of aryl methyl sites for hydroxylation is 1. The van der Waals surface area contributed by atoms with E-state index < -0.39 is 22.0 Å². The van der Waals surface area contributed by atoms with Crippen LogP contribution < -0.4 is 4.72 Å². The predicted octanol–water partition coefficient (Wildman–Crippen LogP) is -0.887. The Kier molecular flexibility index (Phi) is 5.44. The molecule has 1 aromatic rings. The Morgan fingerprint density at radius 3 is 2.62 bits per heavy atom. The lowest BCUT2D eigenvalue weighted by Gasteiger charge is -2.17. The number of carbonyl (C=O) groups is 2. The Bertz CT molecular complexity index is 622. The Labute approximate surface area is 122 Å². The number of aromatic nitrogens is 2. The van der Waals surface area contributed by atoms with E-state index in [4.69, 9.17) is 5.11 Å². The van der Waals surface area contributed by atoms with Crippen molar-refractivity contribution in [3.63, 3.8) is 0 Å². The highest BCUT2D eigenvalue weighted by Crippen LogP contribution is 2.08. The molecular weight excluding hydrogens is 300 g/mol. The van der Waals surface area contributed by atoms with Crippen molar-refractivity contribution in [2.24, 2.45) is 0 Å². The molecule has 1 rings (SSSR count). The van der Waals surface area contributed by atoms with Crippen molar-refractivity contribution in [3.05, 3.63) is 12.4 Å². The van der Waals surface area contributed by atoms with Crippen LogP contribution in [-0.4, -0.2) is 60.2 Å². The fourth-order valence-corrected chi connectivity index (χ4v) is 2.70. The number of hydrogen-bond donors (Lipinski definition) is 2. The quantitative estimate of drug-likeness (QED) is 0.673. The summed E-state index contributed by atoms with van der Waals surface area (Å²) in [6, 6.07) is -0.910. The van der Waals surface area contributed by atoms with Crippen LogP contribution in [0.15, 0.2) is 17.3 Å². The van der Waals surface area contributed by atoms with E-state index in [0.29, 0.717) is 0 Å². The Morgan fingerprint density at radius 1 is 1.48 bits per heavy atom. The maximum atomic E-state index is 12.1. The van der Waals surface area contributed by atoms with E-state index in [1.807, 2.05) is 0 Å². The fraction of sp³-hybridized carbons (Fsp3) is 0.545. The molecule has 0 aliphatic heterocycles. The first-order valence-corrected chi connectivity index (χ1v) is 7.59. The molecule has 1 aromatic heterocycles. The first-order valence-electron chi connectivity index (χ1n) is 6.11. The molecule has 0 aliphatic rings. The molecule has 0 saturated heterocycles. The Morgan fingerprint density at radius 2 is 2.10 bits per heavy atom. The molecule has 0 aliphatic carbocycles. The van der Waals surface area contributed by atoms with Crippen molar-refractivity contribution >= 4 is 21.9 Å². The summed E-state index contributed by atoms with van der Waals surface area (Å²) in [6.45, 7) is 1.51. The zero-order valence-corrected chi connectivity index (χ0v) is 12.8. The van der Waals surface area contributed by atoms with Gasteiger partial charge in [-0.2, -0.15) is 9.82 Å². The van der Waals surface area contributed by atoms with E-state index in [0.717, 1.165) is 6.20 Å². The summed E-state index contributed by atoms with van der Waals surface area (Å²) < 4.78 is 27.6. The number of nitrogens with zero attached hydrogens (tertiary/aromatic N) is 3. The van der Waals surface area contributed by atoms with Gasteiger partial charge in [0.05, 0.1) is 25.2 Å². The average Bonchev–Trinajstić information content (AvgIpc) is 2.84. The Hall–Kier alpha value is -1.94. The second-order valence-electron chi connectivity index (χ2n) is 4.66. The van der Waals surface area contributed by atoms with Gasteiger partial charge in [0, 0.05) is 20.3 Å². The Balaban J connectivity index is 2.79. The van der Waals surface area contributed by atoms with Gasteiger partial charge < -0.3 is 10.0 Å². The molecular formula is C11H18N4O5S. The highest BCUT2D eigenvalue weighted by Gasteiger charge is 2.24. The van der Waals surface area contributed by atoms with Crippen LogP contribution in [0.4, 0.5) is 0 Å². The van der Waals surface area contributed by atoms with Gasteiger partial charge in [-0.05, 0) is 6.92 Å². The van der Waals surface area contributed by atoms with Crippen molar-refractivity contribution in [3.8, 4) is 0 Å². The van der Waals surface area contributed by atoms with Gasteiger partial charge in [-0.1, -0.05) is 0 Å². The van der Waals surface area contributed by atoms with Crippen molar-refractivity contribution in [1.29, 1.82) is 0 Å². The summed E-state index contributed by atoms with van der Waals surface area (Å²) in [5, 5.41) is 12.3. The van der Waals surface area contributed by atoms with Gasteiger partial charge >= 0.3 is 5.97 Å². The zero-order chi connectivity index (χ0) is 16.2. The largest absolute Gasteiger partial charge is 0.481 e. The zero-order valence-electron chi connectivity index (χ0n) is 12.0. The normalized spacial score (nSPS) is 12.9. The number of carboxylic acid groups (broad SMARTS) is 1. The van der Waals surface area contributed by atoms with Gasteiger partial charge in [0.2, 0.25) is 15.9 Å². The summed E-state index contributed by atoms with van der Waals surface area (Å²) in [7, 11) is -0.834.